The number of alkyl halides is 2. The van der Waals surface area contributed by atoms with Crippen LogP contribution in [0.25, 0.3) is 0 Å². The van der Waals surface area contributed by atoms with Crippen molar-refractivity contribution in [1.82, 2.24) is 0 Å². The van der Waals surface area contributed by atoms with Crippen molar-refractivity contribution in [3.63, 3.8) is 0 Å². The highest BCUT2D eigenvalue weighted by atomic mass is 79.9. The Kier molecular flexibility index (Phi) is 5.33. The van der Waals surface area contributed by atoms with Gasteiger partial charge in [0.1, 0.15) is 5.75 Å². The fraction of sp³-hybridized carbons (Fsp3) is 0.364. The number of carbonyl (C=O) groups is 1. The topological polar surface area (TPSA) is 61.5 Å². The molecule has 0 aliphatic rings. The molecule has 0 amide bonds. The Morgan fingerprint density at radius 3 is 2.72 bits per heavy atom. The molecule has 1 aromatic rings. The van der Waals surface area contributed by atoms with Gasteiger partial charge in [0.2, 0.25) is 0 Å². The number of hydrogen-bond acceptors (Lipinski definition) is 4. The largest absolute Gasteiger partial charge is 0.466 e. The van der Waals surface area contributed by atoms with Gasteiger partial charge >= 0.3 is 12.6 Å². The molecule has 1 aromatic carbocycles. The predicted molar refractivity (Wildman–Crippen MR) is 65.5 cm³/mol. The Morgan fingerprint density at radius 2 is 2.17 bits per heavy atom. The number of benzene rings is 1. The van der Waals surface area contributed by atoms with Crippen LogP contribution in [0.2, 0.25) is 0 Å². The molecule has 18 heavy (non-hydrogen) atoms. The van der Waals surface area contributed by atoms with Crippen LogP contribution in [0.3, 0.4) is 0 Å². The van der Waals surface area contributed by atoms with Crippen molar-refractivity contribution in [2.24, 2.45) is 0 Å². The van der Waals surface area contributed by atoms with Crippen LogP contribution in [0.4, 0.5) is 14.5 Å². The first-order valence-electron chi connectivity index (χ1n) is 5.12. The zero-order valence-electron chi connectivity index (χ0n) is 9.58. The number of esters is 1. The molecule has 0 unspecified atom stereocenters. The summed E-state index contributed by atoms with van der Waals surface area (Å²) < 4.78 is 33.7. The van der Waals surface area contributed by atoms with Gasteiger partial charge in [-0.15, -0.1) is 0 Å². The first-order chi connectivity index (χ1) is 8.43. The number of anilines is 1. The van der Waals surface area contributed by atoms with E-state index in [1.165, 1.54) is 12.1 Å². The number of halogens is 3. The lowest BCUT2D eigenvalue weighted by Gasteiger charge is -2.12. The van der Waals surface area contributed by atoms with Crippen molar-refractivity contribution in [2.45, 2.75) is 20.0 Å². The summed E-state index contributed by atoms with van der Waals surface area (Å²) in [4.78, 5) is 11.3. The minimum absolute atomic E-state index is 0.0704. The number of hydrogen-bond donors (Lipinski definition) is 1. The quantitative estimate of drug-likeness (QED) is 0.668. The van der Waals surface area contributed by atoms with Crippen LogP contribution in [0.5, 0.6) is 5.75 Å². The summed E-state index contributed by atoms with van der Waals surface area (Å²) in [6.45, 7) is -1.03. The van der Waals surface area contributed by atoms with Crippen molar-refractivity contribution in [1.29, 1.82) is 0 Å². The number of nitrogen functional groups attached to an aromatic ring is 1. The maximum atomic E-state index is 12.2. The molecule has 0 fully saturated rings. The van der Waals surface area contributed by atoms with Crippen LogP contribution in [-0.4, -0.2) is 19.2 Å². The molecular weight excluding hydrogens is 312 g/mol. The minimum Gasteiger partial charge on any atom is -0.466 e. The minimum atomic E-state index is -2.96. The van der Waals surface area contributed by atoms with E-state index in [9.17, 15) is 13.6 Å². The molecular formula is C11H12BrF2NO3. The lowest BCUT2D eigenvalue weighted by atomic mass is 10.1. The summed E-state index contributed by atoms with van der Waals surface area (Å²) in [5, 5.41) is 0. The molecule has 0 bridgehead atoms. The summed E-state index contributed by atoms with van der Waals surface area (Å²) in [6.07, 6.45) is -0.0704. The maximum Gasteiger partial charge on any atom is 0.387 e. The fourth-order valence-electron chi connectivity index (χ4n) is 1.36. The summed E-state index contributed by atoms with van der Waals surface area (Å²) in [5.41, 5.74) is 6.22. The van der Waals surface area contributed by atoms with Crippen molar-refractivity contribution in [3.05, 3.63) is 22.2 Å². The Morgan fingerprint density at radius 1 is 1.50 bits per heavy atom. The first kappa shape index (κ1) is 14.7. The van der Waals surface area contributed by atoms with Crippen LogP contribution in [-0.2, 0) is 16.0 Å². The van der Waals surface area contributed by atoms with E-state index in [4.69, 9.17) is 10.5 Å². The van der Waals surface area contributed by atoms with Crippen molar-refractivity contribution >= 4 is 27.6 Å². The highest BCUT2D eigenvalue weighted by molar-refractivity contribution is 9.10. The van der Waals surface area contributed by atoms with Crippen molar-refractivity contribution < 1.29 is 23.0 Å². The number of ether oxygens (including phenoxy) is 2. The molecule has 0 aromatic heterocycles. The highest BCUT2D eigenvalue weighted by Gasteiger charge is 2.15. The normalized spacial score (nSPS) is 10.5. The predicted octanol–water partition coefficient (Wildman–Crippen LogP) is 2.74. The van der Waals surface area contributed by atoms with Gasteiger partial charge in [0.25, 0.3) is 0 Å². The summed E-state index contributed by atoms with van der Waals surface area (Å²) >= 11 is 3.10. The highest BCUT2D eigenvalue weighted by Crippen LogP contribution is 2.33. The third-order valence-corrected chi connectivity index (χ3v) is 2.89. The summed E-state index contributed by atoms with van der Waals surface area (Å²) in [6, 6.07) is 2.75. The number of carbonyl (C=O) groups excluding carboxylic acids is 1. The Bertz CT molecular complexity index is 441. The third kappa shape index (κ3) is 4.14. The lowest BCUT2D eigenvalue weighted by molar-refractivity contribution is -0.142. The zero-order valence-corrected chi connectivity index (χ0v) is 11.2. The molecule has 1 rings (SSSR count). The van der Waals surface area contributed by atoms with Gasteiger partial charge < -0.3 is 15.2 Å². The molecule has 0 heterocycles. The molecule has 7 heteroatoms. The fourth-order valence-corrected chi connectivity index (χ4v) is 1.82. The molecule has 0 saturated carbocycles. The second-order valence-electron chi connectivity index (χ2n) is 3.35. The van der Waals surface area contributed by atoms with E-state index in [1.54, 1.807) is 6.92 Å². The van der Waals surface area contributed by atoms with Crippen LogP contribution in [0, 0.1) is 0 Å². The van der Waals surface area contributed by atoms with Gasteiger partial charge in [0.05, 0.1) is 17.5 Å². The summed E-state index contributed by atoms with van der Waals surface area (Å²) in [5.74, 6) is -0.573. The zero-order chi connectivity index (χ0) is 13.7. The molecule has 100 valence electrons. The third-order valence-electron chi connectivity index (χ3n) is 1.99. The SMILES string of the molecule is CCOC(=O)Cc1cc(N)cc(OC(F)F)c1Br. The van der Waals surface area contributed by atoms with Crippen LogP contribution in [0.1, 0.15) is 12.5 Å². The van der Waals surface area contributed by atoms with Crippen LogP contribution in [0.15, 0.2) is 16.6 Å². The van der Waals surface area contributed by atoms with Crippen LogP contribution >= 0.6 is 15.9 Å². The Labute approximate surface area is 111 Å². The number of rotatable bonds is 5. The second kappa shape index (κ2) is 6.53. The number of nitrogens with two attached hydrogens (primary N) is 1. The van der Waals surface area contributed by atoms with E-state index < -0.39 is 12.6 Å². The van der Waals surface area contributed by atoms with Crippen molar-refractivity contribution in [3.8, 4) is 5.75 Å². The van der Waals surface area contributed by atoms with E-state index in [1.807, 2.05) is 0 Å². The van der Waals surface area contributed by atoms with Gasteiger partial charge in [-0.25, -0.2) is 0 Å². The standard InChI is InChI=1S/C11H12BrF2NO3/c1-2-17-9(16)4-6-3-7(15)5-8(10(6)12)18-11(13)14/h3,5,11H,2,4,15H2,1H3. The van der Waals surface area contributed by atoms with Gasteiger partial charge in [-0.3, -0.25) is 4.79 Å². The molecule has 0 saturated heterocycles. The van der Waals surface area contributed by atoms with Gasteiger partial charge in [-0.2, -0.15) is 8.78 Å². The average Bonchev–Trinajstić information content (AvgIpc) is 2.24. The molecule has 2 N–H and O–H groups in total. The first-order valence-corrected chi connectivity index (χ1v) is 5.91. The Balaban J connectivity index is 2.97. The summed E-state index contributed by atoms with van der Waals surface area (Å²) in [7, 11) is 0. The smallest absolute Gasteiger partial charge is 0.387 e. The van der Waals surface area contributed by atoms with Gasteiger partial charge in [-0.1, -0.05) is 0 Å². The van der Waals surface area contributed by atoms with E-state index in [0.717, 1.165) is 0 Å². The lowest BCUT2D eigenvalue weighted by Crippen LogP contribution is -2.10. The molecule has 0 radical (unpaired) electrons. The molecule has 0 atom stereocenters. The molecule has 4 nitrogen and oxygen atoms in total. The van der Waals surface area contributed by atoms with Gasteiger partial charge in [0, 0.05) is 11.8 Å². The van der Waals surface area contributed by atoms with E-state index in [2.05, 4.69) is 20.7 Å². The monoisotopic (exact) mass is 323 g/mol. The van der Waals surface area contributed by atoms with Gasteiger partial charge in [0.15, 0.2) is 0 Å². The van der Waals surface area contributed by atoms with E-state index in [-0.39, 0.29) is 28.9 Å². The van der Waals surface area contributed by atoms with E-state index >= 15 is 0 Å². The molecule has 0 spiro atoms. The molecule has 0 aliphatic carbocycles. The van der Waals surface area contributed by atoms with Gasteiger partial charge in [-0.05, 0) is 34.5 Å². The van der Waals surface area contributed by atoms with Crippen LogP contribution < -0.4 is 10.5 Å². The maximum absolute atomic E-state index is 12.2. The average molecular weight is 324 g/mol. The Hall–Kier alpha value is -1.37. The second-order valence-corrected chi connectivity index (χ2v) is 4.15. The van der Waals surface area contributed by atoms with E-state index in [0.29, 0.717) is 5.56 Å². The van der Waals surface area contributed by atoms with Crippen molar-refractivity contribution in [2.75, 3.05) is 12.3 Å². The molecule has 0 aliphatic heterocycles.